The number of nitrogens with zero attached hydrogens (tertiary/aromatic N) is 6. The van der Waals surface area contributed by atoms with Crippen LogP contribution in [0, 0.1) is 31.5 Å². The number of carbonyl (C=O) groups is 1. The van der Waals surface area contributed by atoms with Crippen molar-refractivity contribution >= 4 is 28.4 Å². The number of aryl methyl sites for hydroxylation is 2. The fraction of sp³-hybridized carbons (Fsp3) is 0.300. The van der Waals surface area contributed by atoms with Crippen LogP contribution in [-0.2, 0) is 0 Å². The molecule has 5 rings (SSSR count). The number of pyridine rings is 2. The third kappa shape index (κ3) is 6.74. The van der Waals surface area contributed by atoms with Gasteiger partial charge in [-0.3, -0.25) is 14.7 Å². The van der Waals surface area contributed by atoms with Crippen molar-refractivity contribution < 1.29 is 13.9 Å². The van der Waals surface area contributed by atoms with E-state index in [0.717, 1.165) is 44.1 Å². The fourth-order valence-corrected chi connectivity index (χ4v) is 4.35. The number of benzene rings is 1. The minimum atomic E-state index is -0.593. The van der Waals surface area contributed by atoms with Crippen LogP contribution in [-0.4, -0.2) is 82.0 Å². The number of aromatic nitrogens is 4. The van der Waals surface area contributed by atoms with Crippen molar-refractivity contribution in [2.75, 3.05) is 57.4 Å². The Labute approximate surface area is 237 Å². The van der Waals surface area contributed by atoms with E-state index in [4.69, 9.17) is 10.5 Å². The zero-order valence-corrected chi connectivity index (χ0v) is 23.2. The van der Waals surface area contributed by atoms with Crippen molar-refractivity contribution in [1.82, 2.24) is 29.7 Å². The molecule has 210 valence electrons. The van der Waals surface area contributed by atoms with Gasteiger partial charge >= 0.3 is 0 Å². The first-order valence-electron chi connectivity index (χ1n) is 13.3. The average Bonchev–Trinajstić information content (AvgIpc) is 2.96. The summed E-state index contributed by atoms with van der Waals surface area (Å²) in [5, 5.41) is 2.59. The van der Waals surface area contributed by atoms with Gasteiger partial charge in [0, 0.05) is 56.7 Å². The van der Waals surface area contributed by atoms with Crippen molar-refractivity contribution in [2.45, 2.75) is 13.8 Å². The summed E-state index contributed by atoms with van der Waals surface area (Å²) >= 11 is 0. The molecule has 3 aromatic heterocycles. The molecule has 0 radical (unpaired) electrons. The zero-order chi connectivity index (χ0) is 28.9. The van der Waals surface area contributed by atoms with Gasteiger partial charge in [-0.2, -0.15) is 0 Å². The topological polar surface area (TPSA) is 122 Å². The normalized spacial score (nSPS) is 14.0. The third-order valence-corrected chi connectivity index (χ3v) is 6.95. The van der Waals surface area contributed by atoms with Crippen LogP contribution in [0.3, 0.4) is 0 Å². The summed E-state index contributed by atoms with van der Waals surface area (Å²) in [6, 6.07) is 5.96. The van der Waals surface area contributed by atoms with Gasteiger partial charge in [-0.05, 0) is 39.1 Å². The highest BCUT2D eigenvalue weighted by Crippen LogP contribution is 2.22. The Bertz CT molecular complexity index is 1660. The largest absolute Gasteiger partial charge is 0.492 e. The van der Waals surface area contributed by atoms with Gasteiger partial charge < -0.3 is 20.7 Å². The van der Waals surface area contributed by atoms with Crippen molar-refractivity contribution in [3.63, 3.8) is 0 Å². The van der Waals surface area contributed by atoms with Gasteiger partial charge in [0.05, 0.1) is 34.4 Å². The molecule has 1 aromatic carbocycles. The summed E-state index contributed by atoms with van der Waals surface area (Å²) in [5.41, 5.74) is 9.96. The molecule has 4 heterocycles. The Morgan fingerprint density at radius 3 is 2.63 bits per heavy atom. The van der Waals surface area contributed by atoms with Gasteiger partial charge in [0.2, 0.25) is 0 Å². The van der Waals surface area contributed by atoms with Crippen molar-refractivity contribution in [3.05, 3.63) is 76.8 Å². The lowest BCUT2D eigenvalue weighted by Crippen LogP contribution is -2.45. The van der Waals surface area contributed by atoms with E-state index in [-0.39, 0.29) is 17.1 Å². The lowest BCUT2D eigenvalue weighted by molar-refractivity contribution is 0.102. The molecular weight excluding hydrogens is 523 g/mol. The van der Waals surface area contributed by atoms with E-state index < -0.39 is 11.7 Å². The van der Waals surface area contributed by atoms with E-state index in [0.29, 0.717) is 34.5 Å². The first kappa shape index (κ1) is 27.9. The summed E-state index contributed by atoms with van der Waals surface area (Å²) in [6.45, 7) is 9.00. The number of rotatable bonds is 6. The second-order valence-corrected chi connectivity index (χ2v) is 9.95. The van der Waals surface area contributed by atoms with Crippen LogP contribution in [0.4, 0.5) is 15.9 Å². The van der Waals surface area contributed by atoms with E-state index >= 15 is 0 Å². The molecule has 1 fully saturated rings. The summed E-state index contributed by atoms with van der Waals surface area (Å²) in [4.78, 5) is 34.9. The Morgan fingerprint density at radius 1 is 1.07 bits per heavy atom. The number of nitrogens with two attached hydrogens (primary N) is 1. The number of ether oxygens (including phenoxy) is 1. The molecule has 3 N–H and O–H groups in total. The number of carbonyl (C=O) groups excluding carboxylic acids is 1. The Balaban J connectivity index is 1.25. The first-order chi connectivity index (χ1) is 19.8. The van der Waals surface area contributed by atoms with Crippen LogP contribution < -0.4 is 15.8 Å². The number of piperazine rings is 1. The second-order valence-electron chi connectivity index (χ2n) is 9.95. The number of hydrogen-bond donors (Lipinski definition) is 2. The maximum atomic E-state index is 14.8. The van der Waals surface area contributed by atoms with Crippen LogP contribution in [0.5, 0.6) is 5.75 Å². The highest BCUT2D eigenvalue weighted by molar-refractivity contribution is 6.04. The summed E-state index contributed by atoms with van der Waals surface area (Å²) < 4.78 is 20.5. The van der Waals surface area contributed by atoms with Gasteiger partial charge in [-0.15, -0.1) is 0 Å². The van der Waals surface area contributed by atoms with Gasteiger partial charge in [0.1, 0.15) is 35.0 Å². The van der Waals surface area contributed by atoms with Crippen molar-refractivity contribution in [2.24, 2.45) is 0 Å². The standard InChI is InChI=1S/C30H31FN8O2/c1-19-20(2)36-28-24(29(32)34-18-27(28)35-19)6-4-21-14-22(17-33-16-21)30(40)37-26-7-5-23(15-25(26)31)41-13-12-39-10-8-38(3)9-11-39/h5,7,14-18H,8-13H2,1-3H3,(H2,32,34)(H,37,40). The summed E-state index contributed by atoms with van der Waals surface area (Å²) in [7, 11) is 2.11. The Hall–Kier alpha value is -4.66. The van der Waals surface area contributed by atoms with E-state index in [9.17, 15) is 9.18 Å². The number of anilines is 2. The van der Waals surface area contributed by atoms with E-state index in [1.807, 2.05) is 13.8 Å². The summed E-state index contributed by atoms with van der Waals surface area (Å²) in [6.07, 6.45) is 4.47. The second kappa shape index (κ2) is 12.2. The molecule has 41 heavy (non-hydrogen) atoms. The molecule has 1 amide bonds. The van der Waals surface area contributed by atoms with Crippen LogP contribution in [0.25, 0.3) is 11.0 Å². The van der Waals surface area contributed by atoms with Crippen molar-refractivity contribution in [3.8, 4) is 17.6 Å². The van der Waals surface area contributed by atoms with Gasteiger partial charge in [-0.1, -0.05) is 11.8 Å². The predicted octanol–water partition coefficient (Wildman–Crippen LogP) is 3.04. The molecule has 10 nitrogen and oxygen atoms in total. The first-order valence-corrected chi connectivity index (χ1v) is 13.3. The molecule has 1 saturated heterocycles. The van der Waals surface area contributed by atoms with Gasteiger partial charge in [-0.25, -0.2) is 19.3 Å². The highest BCUT2D eigenvalue weighted by Gasteiger charge is 2.15. The molecule has 0 aliphatic carbocycles. The van der Waals surface area contributed by atoms with Gasteiger partial charge in [0.15, 0.2) is 0 Å². The van der Waals surface area contributed by atoms with Gasteiger partial charge in [0.25, 0.3) is 5.91 Å². The lowest BCUT2D eigenvalue weighted by atomic mass is 10.1. The molecule has 4 aromatic rings. The van der Waals surface area contributed by atoms with E-state index in [1.54, 1.807) is 18.3 Å². The molecular formula is C30H31FN8O2. The van der Waals surface area contributed by atoms with E-state index in [1.165, 1.54) is 24.5 Å². The number of nitrogen functional groups attached to an aromatic ring is 1. The molecule has 0 saturated carbocycles. The molecule has 0 bridgehead atoms. The van der Waals surface area contributed by atoms with Crippen molar-refractivity contribution in [1.29, 1.82) is 0 Å². The SMILES string of the molecule is Cc1nc2cnc(N)c(C#Cc3cncc(C(=O)Nc4ccc(OCCN5CCN(C)CC5)cc4F)c3)c2nc1C. The van der Waals surface area contributed by atoms with Crippen LogP contribution in [0.2, 0.25) is 0 Å². The number of likely N-dealkylation sites (N-methyl/N-ethyl adjacent to an activating group) is 1. The number of fused-ring (bicyclic) bond motifs is 1. The molecule has 11 heteroatoms. The predicted molar refractivity (Wildman–Crippen MR) is 155 cm³/mol. The monoisotopic (exact) mass is 554 g/mol. The number of nitrogens with one attached hydrogen (secondary N) is 1. The average molecular weight is 555 g/mol. The maximum Gasteiger partial charge on any atom is 0.257 e. The van der Waals surface area contributed by atoms with Crippen LogP contribution in [0.15, 0.2) is 42.9 Å². The van der Waals surface area contributed by atoms with Crippen LogP contribution >= 0.6 is 0 Å². The highest BCUT2D eigenvalue weighted by atomic mass is 19.1. The molecule has 0 spiro atoms. The van der Waals surface area contributed by atoms with Crippen LogP contribution in [0.1, 0.15) is 32.9 Å². The summed E-state index contributed by atoms with van der Waals surface area (Å²) in [5.74, 6) is 5.50. The number of amides is 1. The third-order valence-electron chi connectivity index (χ3n) is 6.95. The zero-order valence-electron chi connectivity index (χ0n) is 23.2. The minimum absolute atomic E-state index is 0.0387. The molecule has 1 aliphatic heterocycles. The van der Waals surface area contributed by atoms with E-state index in [2.05, 4.69) is 53.9 Å². The Morgan fingerprint density at radius 2 is 1.85 bits per heavy atom. The quantitative estimate of drug-likeness (QED) is 0.346. The minimum Gasteiger partial charge on any atom is -0.492 e. The molecule has 1 aliphatic rings. The molecule has 0 atom stereocenters. The Kier molecular flexibility index (Phi) is 8.33. The number of halogens is 1. The maximum absolute atomic E-state index is 14.8. The smallest absolute Gasteiger partial charge is 0.257 e. The fourth-order valence-electron chi connectivity index (χ4n) is 4.35. The number of hydrogen-bond acceptors (Lipinski definition) is 9. The lowest BCUT2D eigenvalue weighted by Gasteiger charge is -2.32. The molecule has 0 unspecified atom stereocenters.